The minimum atomic E-state index is -1.15. The highest BCUT2D eigenvalue weighted by molar-refractivity contribution is 5.96. The SMILES string of the molecule is CC(C)C[C@H](CC(=O)[C@H](CCCCN)NC(=O)[C@@H]1CC=CC[C@H](N)C(=O)N[C@@H](CCCCN)C(=O)N[C@@H](CCCCN)C(=O)N1)C(=O)O. The van der Waals surface area contributed by atoms with Gasteiger partial charge in [0.1, 0.15) is 18.1 Å². The fraction of sp³-hybridized carbons (Fsp3) is 0.758. The van der Waals surface area contributed by atoms with Crippen LogP contribution in [0, 0.1) is 11.8 Å². The molecular formula is C33H60N8O7. The van der Waals surface area contributed by atoms with Crippen LogP contribution in [0.4, 0.5) is 0 Å². The van der Waals surface area contributed by atoms with Crippen LogP contribution in [0.2, 0.25) is 0 Å². The highest BCUT2D eigenvalue weighted by Gasteiger charge is 2.33. The number of hydrogen-bond donors (Lipinski definition) is 9. The van der Waals surface area contributed by atoms with E-state index in [9.17, 15) is 33.9 Å². The zero-order valence-electron chi connectivity index (χ0n) is 28.7. The minimum Gasteiger partial charge on any atom is -0.481 e. The first-order valence-corrected chi connectivity index (χ1v) is 17.3. The van der Waals surface area contributed by atoms with Crippen LogP contribution >= 0.6 is 0 Å². The largest absolute Gasteiger partial charge is 0.481 e. The number of carboxylic acid groups (broad SMARTS) is 1. The number of ketones is 1. The number of unbranched alkanes of at least 4 members (excludes halogenated alkanes) is 3. The van der Waals surface area contributed by atoms with Gasteiger partial charge >= 0.3 is 5.97 Å². The van der Waals surface area contributed by atoms with Gasteiger partial charge in [0.2, 0.25) is 23.6 Å². The fourth-order valence-corrected chi connectivity index (χ4v) is 5.46. The Hall–Kier alpha value is -3.40. The number of carbonyl (C=O) groups is 6. The molecule has 0 saturated heterocycles. The molecular weight excluding hydrogens is 620 g/mol. The lowest BCUT2D eigenvalue weighted by molar-refractivity contribution is -0.144. The second-order valence-electron chi connectivity index (χ2n) is 13.0. The van der Waals surface area contributed by atoms with Gasteiger partial charge in [0, 0.05) is 6.42 Å². The summed E-state index contributed by atoms with van der Waals surface area (Å²) < 4.78 is 0. The monoisotopic (exact) mass is 680 g/mol. The van der Waals surface area contributed by atoms with Crippen LogP contribution in [-0.2, 0) is 28.8 Å². The molecule has 0 aromatic heterocycles. The van der Waals surface area contributed by atoms with Gasteiger partial charge in [-0.05, 0) is 103 Å². The number of carboxylic acids is 1. The molecule has 0 saturated carbocycles. The van der Waals surface area contributed by atoms with Crippen LogP contribution in [-0.4, -0.2) is 90.3 Å². The number of rotatable bonds is 20. The van der Waals surface area contributed by atoms with Gasteiger partial charge in [-0.1, -0.05) is 26.0 Å². The summed E-state index contributed by atoms with van der Waals surface area (Å²) >= 11 is 0. The Kier molecular flexibility index (Phi) is 21.2. The van der Waals surface area contributed by atoms with Crippen molar-refractivity contribution in [2.24, 2.45) is 34.8 Å². The van der Waals surface area contributed by atoms with Crippen molar-refractivity contribution >= 4 is 35.4 Å². The van der Waals surface area contributed by atoms with Crippen molar-refractivity contribution in [2.75, 3.05) is 19.6 Å². The third kappa shape index (κ3) is 16.6. The summed E-state index contributed by atoms with van der Waals surface area (Å²) in [5, 5.41) is 20.6. The quantitative estimate of drug-likeness (QED) is 0.0594. The first kappa shape index (κ1) is 42.6. The van der Waals surface area contributed by atoms with Crippen LogP contribution in [0.5, 0.6) is 0 Å². The van der Waals surface area contributed by atoms with E-state index in [1.807, 2.05) is 13.8 Å². The second-order valence-corrected chi connectivity index (χ2v) is 13.0. The summed E-state index contributed by atoms with van der Waals surface area (Å²) in [6, 6.07) is -5.08. The van der Waals surface area contributed by atoms with E-state index in [-0.39, 0.29) is 38.0 Å². The van der Waals surface area contributed by atoms with Gasteiger partial charge in [0.05, 0.1) is 18.0 Å². The van der Waals surface area contributed by atoms with Crippen LogP contribution in [0.25, 0.3) is 0 Å². The maximum Gasteiger partial charge on any atom is 0.306 e. The van der Waals surface area contributed by atoms with E-state index in [1.54, 1.807) is 12.2 Å². The maximum atomic E-state index is 13.7. The van der Waals surface area contributed by atoms with E-state index in [0.29, 0.717) is 71.0 Å². The summed E-state index contributed by atoms with van der Waals surface area (Å²) in [6.45, 7) is 4.93. The molecule has 0 fully saturated rings. The molecule has 13 N–H and O–H groups in total. The Morgan fingerprint density at radius 2 is 1.33 bits per heavy atom. The van der Waals surface area contributed by atoms with Gasteiger partial charge < -0.3 is 49.3 Å². The smallest absolute Gasteiger partial charge is 0.306 e. The first-order valence-electron chi connectivity index (χ1n) is 17.3. The van der Waals surface area contributed by atoms with Crippen LogP contribution in [0.15, 0.2) is 12.2 Å². The lowest BCUT2D eigenvalue weighted by Crippen LogP contribution is -2.58. The highest BCUT2D eigenvalue weighted by Crippen LogP contribution is 2.19. The number of Topliss-reactive ketones (excluding diaryl/α,β-unsaturated/α-hetero) is 1. The van der Waals surface area contributed by atoms with Gasteiger partial charge in [0.15, 0.2) is 5.78 Å². The lowest BCUT2D eigenvalue weighted by atomic mass is 9.89. The molecule has 1 aliphatic heterocycles. The van der Waals surface area contributed by atoms with Gasteiger partial charge in [-0.15, -0.1) is 0 Å². The number of hydrogen-bond acceptors (Lipinski definition) is 10. The van der Waals surface area contributed by atoms with Crippen molar-refractivity contribution in [1.82, 2.24) is 21.3 Å². The van der Waals surface area contributed by atoms with Gasteiger partial charge in [-0.2, -0.15) is 0 Å². The summed E-state index contributed by atoms with van der Waals surface area (Å²) in [7, 11) is 0. The number of carbonyl (C=O) groups excluding carboxylic acids is 5. The summed E-state index contributed by atoms with van der Waals surface area (Å²) in [4.78, 5) is 78.9. The molecule has 1 heterocycles. The molecule has 0 radical (unpaired) electrons. The Balaban J connectivity index is 3.35. The highest BCUT2D eigenvalue weighted by atomic mass is 16.4. The molecule has 1 aliphatic rings. The third-order valence-electron chi connectivity index (χ3n) is 8.26. The van der Waals surface area contributed by atoms with Crippen LogP contribution in [0.3, 0.4) is 0 Å². The molecule has 4 amide bonds. The Morgan fingerprint density at radius 1 is 0.812 bits per heavy atom. The average Bonchev–Trinajstić information content (AvgIpc) is 3.03. The maximum absolute atomic E-state index is 13.7. The molecule has 15 nitrogen and oxygen atoms in total. The zero-order chi connectivity index (χ0) is 36.1. The molecule has 274 valence electrons. The topological polar surface area (TPSA) is 275 Å². The molecule has 0 aliphatic carbocycles. The summed E-state index contributed by atoms with van der Waals surface area (Å²) in [6.07, 6.45) is 7.62. The summed E-state index contributed by atoms with van der Waals surface area (Å²) in [5.41, 5.74) is 23.0. The van der Waals surface area contributed by atoms with Crippen molar-refractivity contribution in [3.8, 4) is 0 Å². The van der Waals surface area contributed by atoms with E-state index in [1.165, 1.54) is 0 Å². The molecule has 0 unspecified atom stereocenters. The minimum absolute atomic E-state index is 0.00586. The van der Waals surface area contributed by atoms with Crippen molar-refractivity contribution < 1.29 is 33.9 Å². The van der Waals surface area contributed by atoms with Crippen molar-refractivity contribution in [3.63, 3.8) is 0 Å². The number of nitrogens with two attached hydrogens (primary N) is 4. The average molecular weight is 681 g/mol. The van der Waals surface area contributed by atoms with E-state index >= 15 is 0 Å². The predicted octanol–water partition coefficient (Wildman–Crippen LogP) is -0.304. The van der Waals surface area contributed by atoms with Crippen LogP contribution in [0.1, 0.15) is 97.3 Å². The van der Waals surface area contributed by atoms with Gasteiger partial charge in [-0.25, -0.2) is 0 Å². The number of aliphatic carboxylic acids is 1. The van der Waals surface area contributed by atoms with Crippen molar-refractivity contribution in [3.05, 3.63) is 12.2 Å². The van der Waals surface area contributed by atoms with E-state index in [4.69, 9.17) is 22.9 Å². The normalized spacial score (nSPS) is 22.2. The summed E-state index contributed by atoms with van der Waals surface area (Å²) in [5.74, 6) is -4.69. The number of nitrogens with one attached hydrogen (secondary N) is 4. The zero-order valence-corrected chi connectivity index (χ0v) is 28.7. The van der Waals surface area contributed by atoms with Crippen molar-refractivity contribution in [1.29, 1.82) is 0 Å². The van der Waals surface area contributed by atoms with Crippen LogP contribution < -0.4 is 44.2 Å². The van der Waals surface area contributed by atoms with E-state index in [2.05, 4.69) is 21.3 Å². The van der Waals surface area contributed by atoms with Crippen molar-refractivity contribution in [2.45, 2.75) is 128 Å². The van der Waals surface area contributed by atoms with Gasteiger partial charge in [-0.3, -0.25) is 28.8 Å². The number of amides is 4. The molecule has 0 bridgehead atoms. The molecule has 15 heteroatoms. The molecule has 0 aromatic carbocycles. The lowest BCUT2D eigenvalue weighted by Gasteiger charge is -2.27. The predicted molar refractivity (Wildman–Crippen MR) is 183 cm³/mol. The second kappa shape index (κ2) is 23.8. The Morgan fingerprint density at radius 3 is 1.88 bits per heavy atom. The fourth-order valence-electron chi connectivity index (χ4n) is 5.46. The molecule has 6 atom stereocenters. The Labute approximate surface area is 284 Å². The van der Waals surface area contributed by atoms with Gasteiger partial charge in [0.25, 0.3) is 0 Å². The molecule has 48 heavy (non-hydrogen) atoms. The molecule has 0 aromatic rings. The molecule has 1 rings (SSSR count). The molecule has 0 spiro atoms. The first-order chi connectivity index (χ1) is 22.8. The van der Waals surface area contributed by atoms with E-state index in [0.717, 1.165) is 0 Å². The Bertz CT molecular complexity index is 1070. The van der Waals surface area contributed by atoms with E-state index < -0.39 is 71.5 Å². The standard InChI is InChI=1S/C33H60N8O7/c1-21(2)19-22(33(47)48)20-28(42)24(12-5-8-16-34)38-30(44)26-13-4-3-11-23(37)29(43)39-25(14-6-9-17-35)31(45)41-27(32(46)40-26)15-7-10-18-36/h3-4,21-27H,5-20,34-37H2,1-2H3,(H,38,44)(H,39,43)(H,40,46)(H,41,45)(H,47,48)/t22-,23+,24+,25+,26+,27+/m1/s1. The third-order valence-corrected chi connectivity index (χ3v) is 8.26.